The van der Waals surface area contributed by atoms with Crippen LogP contribution in [0.1, 0.15) is 29.9 Å². The molecule has 0 bridgehead atoms. The van der Waals surface area contributed by atoms with Gasteiger partial charge in [0.2, 0.25) is 0 Å². The number of ether oxygens (including phenoxy) is 1. The van der Waals surface area contributed by atoms with Gasteiger partial charge in [-0.2, -0.15) is 21.6 Å². The summed E-state index contributed by atoms with van der Waals surface area (Å²) >= 11 is 0. The van der Waals surface area contributed by atoms with Crippen LogP contribution in [0.15, 0.2) is 18.2 Å². The molecule has 2 aromatic rings. The molecule has 9 nitrogen and oxygen atoms in total. The van der Waals surface area contributed by atoms with Crippen molar-refractivity contribution in [2.45, 2.75) is 26.1 Å². The molecule has 0 fully saturated rings. The first kappa shape index (κ1) is 24.2. The number of nitrogens with two attached hydrogens (primary N) is 1. The van der Waals surface area contributed by atoms with E-state index in [1.807, 2.05) is 0 Å². The smallest absolute Gasteiger partial charge is 0.417 e. The summed E-state index contributed by atoms with van der Waals surface area (Å²) in [7, 11) is -2.41. The molecule has 1 amide bonds. The highest BCUT2D eigenvalue weighted by Crippen LogP contribution is 2.39. The number of guanidine groups is 1. The molecule has 0 aliphatic heterocycles. The Bertz CT molecular complexity index is 1010. The van der Waals surface area contributed by atoms with Crippen molar-refractivity contribution in [1.29, 1.82) is 5.41 Å². The first-order valence-corrected chi connectivity index (χ1v) is 9.81. The molecule has 0 unspecified atom stereocenters. The highest BCUT2D eigenvalue weighted by Gasteiger charge is 2.34. The number of aromatic nitrogens is 1. The van der Waals surface area contributed by atoms with Crippen LogP contribution < -0.4 is 10.5 Å². The molecule has 1 aromatic carbocycles. The Balaban J connectivity index is 0.000000749. The minimum absolute atomic E-state index is 0.0684. The van der Waals surface area contributed by atoms with E-state index in [-0.39, 0.29) is 28.5 Å². The van der Waals surface area contributed by atoms with E-state index in [4.69, 9.17) is 20.4 Å². The fourth-order valence-corrected chi connectivity index (χ4v) is 2.20. The summed E-state index contributed by atoms with van der Waals surface area (Å²) in [6.45, 7) is 3.48. The molecule has 0 aliphatic rings. The SMILES string of the molecule is CC(C)Oc1ccc(C(F)(F)F)c2cc(C(=O)N(C)C(=N)N)[nH]c12.CS(=O)(=O)O. The second kappa shape index (κ2) is 8.69. The van der Waals surface area contributed by atoms with E-state index in [0.717, 1.165) is 17.0 Å². The fourth-order valence-electron chi connectivity index (χ4n) is 2.20. The highest BCUT2D eigenvalue weighted by molar-refractivity contribution is 7.85. The number of halogens is 3. The van der Waals surface area contributed by atoms with E-state index in [1.165, 1.54) is 13.1 Å². The fraction of sp³-hybridized carbons (Fsp3) is 0.375. The number of nitrogens with one attached hydrogen (secondary N) is 2. The number of carbonyl (C=O) groups excluding carboxylic acids is 1. The van der Waals surface area contributed by atoms with Gasteiger partial charge in [-0.1, -0.05) is 0 Å². The minimum atomic E-state index is -4.58. The van der Waals surface area contributed by atoms with Crippen molar-refractivity contribution < 1.29 is 35.7 Å². The van der Waals surface area contributed by atoms with Gasteiger partial charge in [-0.3, -0.25) is 19.7 Å². The van der Waals surface area contributed by atoms with Gasteiger partial charge in [0, 0.05) is 12.4 Å². The van der Waals surface area contributed by atoms with Crippen LogP contribution in [0.2, 0.25) is 0 Å². The van der Waals surface area contributed by atoms with Crippen molar-refractivity contribution in [2.24, 2.45) is 5.73 Å². The number of alkyl halides is 3. The molecule has 5 N–H and O–H groups in total. The summed E-state index contributed by atoms with van der Waals surface area (Å²) in [5.41, 5.74) is 4.30. The van der Waals surface area contributed by atoms with E-state index in [0.29, 0.717) is 6.26 Å². The maximum atomic E-state index is 13.2. The van der Waals surface area contributed by atoms with Gasteiger partial charge in [0.25, 0.3) is 16.0 Å². The Morgan fingerprint density at radius 3 is 2.28 bits per heavy atom. The molecule has 2 rings (SSSR count). The molecular weight excluding hydrogens is 417 g/mol. The van der Waals surface area contributed by atoms with Gasteiger partial charge >= 0.3 is 6.18 Å². The molecule has 0 atom stereocenters. The molecule has 162 valence electrons. The predicted molar refractivity (Wildman–Crippen MR) is 101 cm³/mol. The zero-order chi connectivity index (χ0) is 22.7. The second-order valence-corrected chi connectivity index (χ2v) is 7.70. The quantitative estimate of drug-likeness (QED) is 0.328. The van der Waals surface area contributed by atoms with Crippen LogP contribution in [0.4, 0.5) is 13.2 Å². The number of benzene rings is 1. The average Bonchev–Trinajstić information content (AvgIpc) is 2.95. The molecular formula is C16H21F3N4O5S. The van der Waals surface area contributed by atoms with Crippen LogP contribution in [-0.4, -0.2) is 54.1 Å². The summed E-state index contributed by atoms with van der Waals surface area (Å²) in [5, 5.41) is 7.08. The van der Waals surface area contributed by atoms with Gasteiger partial charge in [-0.05, 0) is 32.0 Å². The number of fused-ring (bicyclic) bond motifs is 1. The monoisotopic (exact) mass is 438 g/mol. The Labute approximate surface area is 164 Å². The van der Waals surface area contributed by atoms with Crippen molar-refractivity contribution in [1.82, 2.24) is 9.88 Å². The Hall–Kier alpha value is -2.80. The van der Waals surface area contributed by atoms with E-state index in [1.54, 1.807) is 13.8 Å². The van der Waals surface area contributed by atoms with Gasteiger partial charge in [0.1, 0.15) is 11.4 Å². The third kappa shape index (κ3) is 6.94. The molecule has 1 aromatic heterocycles. The van der Waals surface area contributed by atoms with Gasteiger partial charge < -0.3 is 15.5 Å². The largest absolute Gasteiger partial charge is 0.489 e. The van der Waals surface area contributed by atoms with Gasteiger partial charge in [0.05, 0.1) is 23.4 Å². The third-order valence-corrected chi connectivity index (χ3v) is 3.32. The number of amides is 1. The first-order valence-electron chi connectivity index (χ1n) is 7.96. The van der Waals surface area contributed by atoms with Crippen LogP contribution in [0.25, 0.3) is 10.9 Å². The zero-order valence-electron chi connectivity index (χ0n) is 16.0. The maximum absolute atomic E-state index is 13.2. The van der Waals surface area contributed by atoms with E-state index < -0.39 is 33.7 Å². The summed E-state index contributed by atoms with van der Waals surface area (Å²) in [5.74, 6) is -1.03. The van der Waals surface area contributed by atoms with Crippen LogP contribution in [0, 0.1) is 5.41 Å². The van der Waals surface area contributed by atoms with E-state index in [9.17, 15) is 26.4 Å². The van der Waals surface area contributed by atoms with Crippen molar-refractivity contribution in [3.05, 3.63) is 29.5 Å². The number of hydrogen-bond acceptors (Lipinski definition) is 5. The molecule has 0 spiro atoms. The topological polar surface area (TPSA) is 150 Å². The summed E-state index contributed by atoms with van der Waals surface area (Å²) in [6, 6.07) is 3.22. The van der Waals surface area contributed by atoms with Gasteiger partial charge in [-0.15, -0.1) is 0 Å². The maximum Gasteiger partial charge on any atom is 0.417 e. The zero-order valence-corrected chi connectivity index (χ0v) is 16.8. The molecule has 13 heteroatoms. The summed E-state index contributed by atoms with van der Waals surface area (Å²) in [4.78, 5) is 15.7. The Kier molecular flexibility index (Phi) is 7.27. The van der Waals surface area contributed by atoms with E-state index >= 15 is 0 Å². The van der Waals surface area contributed by atoms with Gasteiger partial charge in [-0.25, -0.2) is 0 Å². The van der Waals surface area contributed by atoms with Crippen LogP contribution in [0.3, 0.4) is 0 Å². The van der Waals surface area contributed by atoms with Crippen LogP contribution >= 0.6 is 0 Å². The first-order chi connectivity index (χ1) is 13.0. The number of H-pyrrole nitrogens is 1. The normalized spacial score (nSPS) is 11.8. The summed E-state index contributed by atoms with van der Waals surface area (Å²) < 4.78 is 71.0. The molecule has 0 saturated carbocycles. The number of rotatable bonds is 3. The summed E-state index contributed by atoms with van der Waals surface area (Å²) in [6.07, 6.45) is -4.12. The lowest BCUT2D eigenvalue weighted by molar-refractivity contribution is -0.136. The highest BCUT2D eigenvalue weighted by atomic mass is 32.2. The standard InChI is InChI=1S/C15H17F3N4O2.CH4O3S/c1-7(2)24-11-5-4-9(15(16,17)18)8-6-10(21-12(8)11)13(23)22(3)14(19)20;1-5(2,3)4/h4-7,21H,1-3H3,(H3,19,20);1H3,(H,2,3,4). The Morgan fingerprint density at radius 1 is 1.34 bits per heavy atom. The van der Waals surface area contributed by atoms with Crippen molar-refractivity contribution in [3.63, 3.8) is 0 Å². The van der Waals surface area contributed by atoms with Crippen LogP contribution in [0.5, 0.6) is 5.75 Å². The molecule has 29 heavy (non-hydrogen) atoms. The minimum Gasteiger partial charge on any atom is -0.489 e. The lowest BCUT2D eigenvalue weighted by Crippen LogP contribution is -2.38. The predicted octanol–water partition coefficient (Wildman–Crippen LogP) is 2.44. The second-order valence-electron chi connectivity index (χ2n) is 6.23. The number of hydrogen-bond donors (Lipinski definition) is 4. The molecule has 0 saturated heterocycles. The number of aromatic amines is 1. The number of carbonyl (C=O) groups is 1. The average molecular weight is 438 g/mol. The van der Waals surface area contributed by atoms with Gasteiger partial charge in [0.15, 0.2) is 5.96 Å². The van der Waals surface area contributed by atoms with Crippen molar-refractivity contribution in [2.75, 3.05) is 13.3 Å². The van der Waals surface area contributed by atoms with E-state index in [2.05, 4.69) is 4.98 Å². The molecule has 0 aliphatic carbocycles. The lowest BCUT2D eigenvalue weighted by Gasteiger charge is -2.14. The third-order valence-electron chi connectivity index (χ3n) is 3.32. The molecule has 1 heterocycles. The lowest BCUT2D eigenvalue weighted by atomic mass is 10.1. The van der Waals surface area contributed by atoms with Crippen LogP contribution in [-0.2, 0) is 16.3 Å². The van der Waals surface area contributed by atoms with Crippen molar-refractivity contribution in [3.8, 4) is 5.75 Å². The van der Waals surface area contributed by atoms with Crippen molar-refractivity contribution >= 4 is 32.9 Å². The number of nitrogens with zero attached hydrogens (tertiary/aromatic N) is 1. The molecule has 0 radical (unpaired) electrons. The Morgan fingerprint density at radius 2 is 1.86 bits per heavy atom.